The van der Waals surface area contributed by atoms with Crippen LogP contribution in [0.2, 0.25) is 5.02 Å². The van der Waals surface area contributed by atoms with Crippen LogP contribution < -0.4 is 10.3 Å². The first-order chi connectivity index (χ1) is 25.6. The van der Waals surface area contributed by atoms with Gasteiger partial charge in [-0.15, -0.1) is 6.58 Å². The molecule has 2 heterocycles. The normalized spacial score (nSPS) is 26.2. The monoisotopic (exact) mass is 729 g/mol. The lowest BCUT2D eigenvalue weighted by Crippen LogP contribution is -2.53. The van der Waals surface area contributed by atoms with Crippen molar-refractivity contribution in [3.63, 3.8) is 0 Å². The van der Waals surface area contributed by atoms with E-state index in [1.807, 2.05) is 25.1 Å². The topological polar surface area (TPSA) is 107 Å². The molecule has 4 aromatic rings. The Kier molecular flexibility index (Phi) is 8.57. The molecule has 6 atom stereocenters. The molecule has 0 bridgehead atoms. The standard InChI is InChI=1S/C43H37ClFN3O5/c1-3-6-25-7-5-8-33(38(25)49)37-31-21-22-32-36(41(52)47(39(32)50)30-19-9-24(4-2)10-20-30)34(31)23-35-40(51)48(46-29-17-15-28(45)16-18-29)42(53)43(35,37)26-11-13-27(44)14-12-26/h3,5,7-21,32,34-37,46,49H,1,4,6,22-23H2,2H3. The van der Waals surface area contributed by atoms with E-state index in [1.54, 1.807) is 60.7 Å². The van der Waals surface area contributed by atoms with Gasteiger partial charge in [-0.05, 0) is 96.8 Å². The number of imide groups is 2. The second-order valence-corrected chi connectivity index (χ2v) is 14.7. The van der Waals surface area contributed by atoms with E-state index in [1.165, 1.54) is 29.2 Å². The number of aryl methyl sites for hydroxylation is 1. The lowest BCUT2D eigenvalue weighted by molar-refractivity contribution is -0.138. The molecule has 4 amide bonds. The highest BCUT2D eigenvalue weighted by Gasteiger charge is 2.70. The SMILES string of the molecule is C=CCc1cccc(C2C3=CCC4C(=O)N(c5ccc(CC)cc5)C(=O)C4C3CC3C(=O)N(Nc4ccc(F)cc4)C(=O)C32c2ccc(Cl)cc2)c1O. The van der Waals surface area contributed by atoms with Gasteiger partial charge in [-0.25, -0.2) is 4.39 Å². The van der Waals surface area contributed by atoms with Crippen LogP contribution in [0.5, 0.6) is 5.75 Å². The molecule has 10 heteroatoms. The summed E-state index contributed by atoms with van der Waals surface area (Å²) < 4.78 is 13.9. The summed E-state index contributed by atoms with van der Waals surface area (Å²) in [6.07, 6.45) is 5.12. The van der Waals surface area contributed by atoms with Crippen LogP contribution >= 0.6 is 11.6 Å². The van der Waals surface area contributed by atoms with E-state index in [0.29, 0.717) is 39.5 Å². The number of benzene rings is 4. The van der Waals surface area contributed by atoms with Crippen molar-refractivity contribution in [1.82, 2.24) is 5.01 Å². The van der Waals surface area contributed by atoms with Crippen LogP contribution in [-0.4, -0.2) is 33.7 Å². The molecule has 3 fully saturated rings. The van der Waals surface area contributed by atoms with Gasteiger partial charge in [0.25, 0.3) is 11.8 Å². The fourth-order valence-corrected chi connectivity index (χ4v) is 9.43. The second-order valence-electron chi connectivity index (χ2n) is 14.3. The van der Waals surface area contributed by atoms with Crippen LogP contribution in [0, 0.1) is 29.5 Å². The van der Waals surface area contributed by atoms with Crippen LogP contribution in [0.1, 0.15) is 47.9 Å². The number of amides is 4. The number of fused-ring (bicyclic) bond motifs is 4. The number of rotatable bonds is 8. The predicted octanol–water partition coefficient (Wildman–Crippen LogP) is 7.67. The van der Waals surface area contributed by atoms with Gasteiger partial charge >= 0.3 is 0 Å². The van der Waals surface area contributed by atoms with Crippen LogP contribution in [0.3, 0.4) is 0 Å². The fourth-order valence-electron chi connectivity index (χ4n) is 9.30. The third-order valence-corrected chi connectivity index (χ3v) is 11.9. The van der Waals surface area contributed by atoms with Gasteiger partial charge < -0.3 is 5.11 Å². The molecular weight excluding hydrogens is 693 g/mol. The molecule has 0 aromatic heterocycles. The lowest BCUT2D eigenvalue weighted by atomic mass is 9.49. The van der Waals surface area contributed by atoms with Crippen LogP contribution in [-0.2, 0) is 37.4 Å². The van der Waals surface area contributed by atoms with E-state index < -0.39 is 52.6 Å². The van der Waals surface area contributed by atoms with Crippen LogP contribution in [0.15, 0.2) is 115 Å². The summed E-state index contributed by atoms with van der Waals surface area (Å²) in [5.74, 6) is -6.27. The Hall–Kier alpha value is -5.54. The Morgan fingerprint density at radius 2 is 1.64 bits per heavy atom. The largest absolute Gasteiger partial charge is 0.507 e. The van der Waals surface area contributed by atoms with Crippen LogP contribution in [0.25, 0.3) is 0 Å². The van der Waals surface area contributed by atoms with Gasteiger partial charge in [0.2, 0.25) is 11.8 Å². The van der Waals surface area contributed by atoms with Gasteiger partial charge in [0.15, 0.2) is 0 Å². The minimum absolute atomic E-state index is 0.0372. The molecule has 2 saturated heterocycles. The number of hydrogen-bond donors (Lipinski definition) is 2. The molecule has 2 N–H and O–H groups in total. The molecular formula is C43H37ClFN3O5. The molecule has 268 valence electrons. The fraction of sp³-hybridized carbons (Fsp3) is 0.256. The van der Waals surface area contributed by atoms with Crippen molar-refractivity contribution < 1.29 is 28.7 Å². The van der Waals surface area contributed by atoms with E-state index in [4.69, 9.17) is 11.6 Å². The van der Waals surface area contributed by atoms with Crippen molar-refractivity contribution in [3.8, 4) is 5.75 Å². The highest BCUT2D eigenvalue weighted by atomic mass is 35.5. The molecule has 1 saturated carbocycles. The number of aromatic hydroxyl groups is 1. The average molecular weight is 730 g/mol. The summed E-state index contributed by atoms with van der Waals surface area (Å²) in [5, 5.41) is 13.4. The summed E-state index contributed by atoms with van der Waals surface area (Å²) in [7, 11) is 0. The Morgan fingerprint density at radius 1 is 0.925 bits per heavy atom. The summed E-state index contributed by atoms with van der Waals surface area (Å²) >= 11 is 6.38. The minimum Gasteiger partial charge on any atom is -0.507 e. The van der Waals surface area contributed by atoms with E-state index in [9.17, 15) is 23.9 Å². The van der Waals surface area contributed by atoms with Gasteiger partial charge in [-0.2, -0.15) is 5.01 Å². The molecule has 2 aliphatic carbocycles. The Balaban J connectivity index is 1.33. The second kappa shape index (κ2) is 13.1. The first kappa shape index (κ1) is 34.5. The molecule has 4 aliphatic rings. The maximum absolute atomic E-state index is 15.3. The van der Waals surface area contributed by atoms with Crippen LogP contribution in [0.4, 0.5) is 15.8 Å². The third-order valence-electron chi connectivity index (χ3n) is 11.7. The van der Waals surface area contributed by atoms with Gasteiger partial charge in [0.05, 0.1) is 34.5 Å². The molecule has 6 unspecified atom stereocenters. The number of nitrogens with one attached hydrogen (secondary N) is 1. The highest BCUT2D eigenvalue weighted by molar-refractivity contribution is 6.30. The first-order valence-corrected chi connectivity index (χ1v) is 18.2. The highest BCUT2D eigenvalue weighted by Crippen LogP contribution is 2.65. The maximum atomic E-state index is 15.3. The molecule has 8 nitrogen and oxygen atoms in total. The number of halogens is 2. The molecule has 8 rings (SSSR count). The number of carbonyl (C=O) groups is 4. The van der Waals surface area contributed by atoms with Crippen molar-refractivity contribution in [1.29, 1.82) is 0 Å². The van der Waals surface area contributed by atoms with Gasteiger partial charge in [0, 0.05) is 16.5 Å². The van der Waals surface area contributed by atoms with E-state index in [0.717, 1.165) is 22.6 Å². The summed E-state index contributed by atoms with van der Waals surface area (Å²) in [4.78, 5) is 60.1. The molecule has 0 spiro atoms. The zero-order chi connectivity index (χ0) is 37.2. The van der Waals surface area contributed by atoms with E-state index in [2.05, 4.69) is 12.0 Å². The van der Waals surface area contributed by atoms with Gasteiger partial charge in [0.1, 0.15) is 11.6 Å². The predicted molar refractivity (Wildman–Crippen MR) is 199 cm³/mol. The summed E-state index contributed by atoms with van der Waals surface area (Å²) in [6, 6.07) is 24.9. The number of hydrogen-bond acceptors (Lipinski definition) is 6. The van der Waals surface area contributed by atoms with Crippen molar-refractivity contribution in [3.05, 3.63) is 148 Å². The third kappa shape index (κ3) is 5.23. The number of allylic oxidation sites excluding steroid dienone is 3. The number of anilines is 2. The minimum atomic E-state index is -1.60. The molecule has 4 aromatic carbocycles. The number of nitrogens with zero attached hydrogens (tertiary/aromatic N) is 2. The Morgan fingerprint density at radius 3 is 2.32 bits per heavy atom. The smallest absolute Gasteiger partial charge is 0.260 e. The van der Waals surface area contributed by atoms with Crippen molar-refractivity contribution >= 4 is 46.6 Å². The number of para-hydroxylation sites is 1. The van der Waals surface area contributed by atoms with Crippen molar-refractivity contribution in [2.45, 2.75) is 43.9 Å². The maximum Gasteiger partial charge on any atom is 0.260 e. The summed E-state index contributed by atoms with van der Waals surface area (Å²) in [6.45, 7) is 5.88. The van der Waals surface area contributed by atoms with Gasteiger partial charge in [-0.3, -0.25) is 29.5 Å². The molecule has 0 radical (unpaired) electrons. The summed E-state index contributed by atoms with van der Waals surface area (Å²) in [5.41, 5.74) is 5.48. The number of phenols is 1. The number of hydrazine groups is 1. The van der Waals surface area contributed by atoms with Crippen molar-refractivity contribution in [2.24, 2.45) is 23.7 Å². The van der Waals surface area contributed by atoms with Crippen molar-refractivity contribution in [2.75, 3.05) is 10.3 Å². The van der Waals surface area contributed by atoms with Gasteiger partial charge in [-0.1, -0.05) is 78.7 Å². The number of carbonyl (C=O) groups excluding carboxylic acids is 4. The van der Waals surface area contributed by atoms with E-state index >= 15 is 4.79 Å². The number of phenolic OH excluding ortho intramolecular Hbond substituents is 1. The lowest BCUT2D eigenvalue weighted by Gasteiger charge is -2.50. The zero-order valence-electron chi connectivity index (χ0n) is 29.0. The first-order valence-electron chi connectivity index (χ1n) is 17.8. The molecule has 2 aliphatic heterocycles. The zero-order valence-corrected chi connectivity index (χ0v) is 29.7. The average Bonchev–Trinajstić information content (AvgIpc) is 3.54. The Labute approximate surface area is 311 Å². The van der Waals surface area contributed by atoms with E-state index in [-0.39, 0.29) is 30.4 Å². The quantitative estimate of drug-likeness (QED) is 0.143. The Bertz CT molecular complexity index is 2200. The molecule has 53 heavy (non-hydrogen) atoms.